The van der Waals surface area contributed by atoms with Gasteiger partial charge in [0.1, 0.15) is 6.04 Å². The monoisotopic (exact) mass is 490 g/mol. The number of guanidine groups is 1. The van der Waals surface area contributed by atoms with Crippen LogP contribution in [0.2, 0.25) is 0 Å². The molecule has 3 rings (SSSR count). The molecule has 10 nitrogen and oxygen atoms in total. The van der Waals surface area contributed by atoms with E-state index >= 15 is 0 Å². The Hall–Kier alpha value is -4.86. The van der Waals surface area contributed by atoms with E-state index in [-0.39, 0.29) is 35.9 Å². The summed E-state index contributed by atoms with van der Waals surface area (Å²) in [7, 11) is 1.40. The first kappa shape index (κ1) is 25.8. The third kappa shape index (κ3) is 7.32. The predicted molar refractivity (Wildman–Crippen MR) is 133 cm³/mol. The van der Waals surface area contributed by atoms with Crippen LogP contribution in [0.15, 0.2) is 72.8 Å². The van der Waals surface area contributed by atoms with E-state index in [0.29, 0.717) is 11.3 Å². The number of aliphatic carboxylic acids is 1. The standard InChI is InChI=1S/C26H26N4O6/c1-35-22-14-17(15-23(31)30-20(24(32)33)13-16-5-3-2-4-6-16)7-12-21(22)36-25(34)18-8-10-19(11-9-18)29-26(27)28/h2-12,14,20H,13,15H2,1H3,(H,30,31)(H,32,33)(H4,27,28,29)/t20-/m0/s1. The molecule has 0 saturated carbocycles. The van der Waals surface area contributed by atoms with Crippen molar-refractivity contribution in [2.75, 3.05) is 12.4 Å². The number of carboxylic acid groups (broad SMARTS) is 1. The first-order valence-electron chi connectivity index (χ1n) is 10.9. The van der Waals surface area contributed by atoms with Crippen molar-refractivity contribution in [2.45, 2.75) is 18.9 Å². The lowest BCUT2D eigenvalue weighted by Gasteiger charge is -2.15. The highest BCUT2D eigenvalue weighted by Gasteiger charge is 2.21. The highest BCUT2D eigenvalue weighted by Crippen LogP contribution is 2.29. The molecule has 0 aliphatic heterocycles. The molecule has 0 heterocycles. The molecule has 0 fully saturated rings. The number of carbonyl (C=O) groups excluding carboxylic acids is 2. The summed E-state index contributed by atoms with van der Waals surface area (Å²) < 4.78 is 10.8. The van der Waals surface area contributed by atoms with Crippen LogP contribution in [0, 0.1) is 5.41 Å². The molecule has 0 unspecified atom stereocenters. The second-order valence-corrected chi connectivity index (χ2v) is 7.82. The van der Waals surface area contributed by atoms with Gasteiger partial charge in [-0.2, -0.15) is 0 Å². The lowest BCUT2D eigenvalue weighted by Crippen LogP contribution is -2.43. The number of anilines is 1. The Labute approximate surface area is 207 Å². The fourth-order valence-corrected chi connectivity index (χ4v) is 3.39. The minimum Gasteiger partial charge on any atom is -0.493 e. The molecular formula is C26H26N4O6. The lowest BCUT2D eigenvalue weighted by molar-refractivity contribution is -0.141. The highest BCUT2D eigenvalue weighted by atomic mass is 16.6. The molecule has 0 aliphatic rings. The van der Waals surface area contributed by atoms with Crippen LogP contribution in [0.5, 0.6) is 11.5 Å². The molecule has 0 spiro atoms. The van der Waals surface area contributed by atoms with E-state index < -0.39 is 23.9 Å². The van der Waals surface area contributed by atoms with E-state index in [1.165, 1.54) is 25.3 Å². The smallest absolute Gasteiger partial charge is 0.343 e. The minimum absolute atomic E-state index is 0.0895. The maximum Gasteiger partial charge on any atom is 0.343 e. The summed E-state index contributed by atoms with van der Waals surface area (Å²) in [6, 6.07) is 18.8. The van der Waals surface area contributed by atoms with E-state index in [9.17, 15) is 19.5 Å². The van der Waals surface area contributed by atoms with Crippen molar-refractivity contribution in [3.05, 3.63) is 89.5 Å². The molecular weight excluding hydrogens is 464 g/mol. The summed E-state index contributed by atoms with van der Waals surface area (Å²) in [6.07, 6.45) is 0.0691. The van der Waals surface area contributed by atoms with E-state index in [2.05, 4.69) is 10.6 Å². The average molecular weight is 491 g/mol. The maximum absolute atomic E-state index is 12.5. The van der Waals surface area contributed by atoms with Crippen molar-refractivity contribution < 1.29 is 29.0 Å². The molecule has 0 saturated heterocycles. The zero-order valence-electron chi connectivity index (χ0n) is 19.5. The summed E-state index contributed by atoms with van der Waals surface area (Å²) in [4.78, 5) is 36.7. The molecule has 0 bridgehead atoms. The van der Waals surface area contributed by atoms with Gasteiger partial charge in [0.05, 0.1) is 19.1 Å². The molecule has 0 aromatic heterocycles. The molecule has 1 amide bonds. The number of amides is 1. The molecule has 186 valence electrons. The third-order valence-corrected chi connectivity index (χ3v) is 5.11. The Bertz CT molecular complexity index is 1250. The number of nitrogens with two attached hydrogens (primary N) is 1. The van der Waals surface area contributed by atoms with E-state index in [4.69, 9.17) is 20.6 Å². The van der Waals surface area contributed by atoms with Crippen LogP contribution in [0.4, 0.5) is 5.69 Å². The van der Waals surface area contributed by atoms with Gasteiger partial charge in [-0.1, -0.05) is 36.4 Å². The van der Waals surface area contributed by atoms with Gasteiger partial charge in [-0.05, 0) is 47.5 Å². The van der Waals surface area contributed by atoms with Gasteiger partial charge in [0, 0.05) is 12.1 Å². The Morgan fingerprint density at radius 2 is 1.67 bits per heavy atom. The fourth-order valence-electron chi connectivity index (χ4n) is 3.39. The second kappa shape index (κ2) is 12.0. The van der Waals surface area contributed by atoms with E-state index in [1.807, 2.05) is 6.07 Å². The molecule has 6 N–H and O–H groups in total. The largest absolute Gasteiger partial charge is 0.493 e. The van der Waals surface area contributed by atoms with Gasteiger partial charge in [0.2, 0.25) is 5.91 Å². The first-order valence-corrected chi connectivity index (χ1v) is 10.9. The van der Waals surface area contributed by atoms with Crippen molar-refractivity contribution in [2.24, 2.45) is 5.73 Å². The summed E-state index contributed by atoms with van der Waals surface area (Å²) in [5.74, 6) is -2.05. The quantitative estimate of drug-likeness (QED) is 0.125. The first-order chi connectivity index (χ1) is 17.2. The Kier molecular flexibility index (Phi) is 8.60. The fraction of sp³-hybridized carbons (Fsp3) is 0.154. The predicted octanol–water partition coefficient (Wildman–Crippen LogP) is 2.57. The van der Waals surface area contributed by atoms with Crippen LogP contribution in [0.3, 0.4) is 0 Å². The third-order valence-electron chi connectivity index (χ3n) is 5.11. The Morgan fingerprint density at radius 3 is 2.28 bits per heavy atom. The van der Waals surface area contributed by atoms with Crippen molar-refractivity contribution in [3.8, 4) is 11.5 Å². The van der Waals surface area contributed by atoms with Crippen molar-refractivity contribution in [1.82, 2.24) is 5.32 Å². The highest BCUT2D eigenvalue weighted by molar-refractivity contribution is 5.93. The van der Waals surface area contributed by atoms with E-state index in [0.717, 1.165) is 5.56 Å². The number of hydrogen-bond donors (Lipinski definition) is 5. The van der Waals surface area contributed by atoms with Gasteiger partial charge in [-0.25, -0.2) is 9.59 Å². The van der Waals surface area contributed by atoms with Crippen LogP contribution in [0.25, 0.3) is 0 Å². The number of esters is 1. The van der Waals surface area contributed by atoms with Crippen LogP contribution in [0.1, 0.15) is 21.5 Å². The second-order valence-electron chi connectivity index (χ2n) is 7.82. The maximum atomic E-state index is 12.5. The topological polar surface area (TPSA) is 164 Å². The molecule has 36 heavy (non-hydrogen) atoms. The van der Waals surface area contributed by atoms with E-state index in [1.54, 1.807) is 48.5 Å². The van der Waals surface area contributed by atoms with Gasteiger partial charge >= 0.3 is 11.9 Å². The summed E-state index contributed by atoms with van der Waals surface area (Å²) in [6.45, 7) is 0. The molecule has 0 aliphatic carbocycles. The van der Waals surface area contributed by atoms with Crippen LogP contribution in [-0.4, -0.2) is 42.1 Å². The molecule has 0 radical (unpaired) electrons. The van der Waals surface area contributed by atoms with Gasteiger partial charge in [0.15, 0.2) is 17.5 Å². The van der Waals surface area contributed by atoms with Crippen molar-refractivity contribution in [1.29, 1.82) is 5.41 Å². The summed E-state index contributed by atoms with van der Waals surface area (Å²) >= 11 is 0. The normalized spacial score (nSPS) is 11.1. The van der Waals surface area contributed by atoms with Gasteiger partial charge < -0.3 is 30.9 Å². The number of methoxy groups -OCH3 is 1. The SMILES string of the molecule is COc1cc(CC(=O)N[C@@H](Cc2ccccc2)C(=O)O)ccc1OC(=O)c1ccc(NC(=N)N)cc1. The number of ether oxygens (including phenoxy) is 2. The number of benzene rings is 3. The van der Waals surface area contributed by atoms with Crippen LogP contribution < -0.4 is 25.8 Å². The summed E-state index contributed by atoms with van der Waals surface area (Å²) in [5, 5.41) is 21.9. The molecule has 3 aromatic carbocycles. The number of rotatable bonds is 10. The van der Waals surface area contributed by atoms with Gasteiger partial charge in [0.25, 0.3) is 0 Å². The van der Waals surface area contributed by atoms with Crippen LogP contribution in [-0.2, 0) is 22.4 Å². The van der Waals surface area contributed by atoms with Gasteiger partial charge in [-0.15, -0.1) is 0 Å². The zero-order chi connectivity index (χ0) is 26.1. The molecule has 10 heteroatoms. The number of carbonyl (C=O) groups is 3. The molecule has 1 atom stereocenters. The summed E-state index contributed by atoms with van der Waals surface area (Å²) in [5.41, 5.74) is 7.45. The van der Waals surface area contributed by atoms with Crippen molar-refractivity contribution in [3.63, 3.8) is 0 Å². The number of nitrogens with one attached hydrogen (secondary N) is 3. The minimum atomic E-state index is -1.13. The number of hydrogen-bond acceptors (Lipinski definition) is 6. The van der Waals surface area contributed by atoms with Crippen molar-refractivity contribution >= 4 is 29.5 Å². The van der Waals surface area contributed by atoms with Gasteiger partial charge in [-0.3, -0.25) is 10.2 Å². The number of carboxylic acids is 1. The Balaban J connectivity index is 1.64. The zero-order valence-corrected chi connectivity index (χ0v) is 19.5. The van der Waals surface area contributed by atoms with Crippen LogP contribution >= 0.6 is 0 Å². The lowest BCUT2D eigenvalue weighted by atomic mass is 10.1. The Morgan fingerprint density at radius 1 is 0.972 bits per heavy atom. The molecule has 3 aromatic rings. The average Bonchev–Trinajstić information content (AvgIpc) is 2.85.